The van der Waals surface area contributed by atoms with E-state index in [-0.39, 0.29) is 6.79 Å². The van der Waals surface area contributed by atoms with Gasteiger partial charge in [-0.3, -0.25) is 4.74 Å². The molecule has 27 heavy (non-hydrogen) atoms. The average molecular weight is 365 g/mol. The molecule has 3 atom stereocenters. The van der Waals surface area contributed by atoms with Crippen molar-refractivity contribution < 1.29 is 29.0 Å². The molecule has 2 heterocycles. The number of nitrogens with zero attached hydrogens (tertiary/aromatic N) is 1. The van der Waals surface area contributed by atoms with Gasteiger partial charge in [0, 0.05) is 18.1 Å². The predicted molar refractivity (Wildman–Crippen MR) is 92.3 cm³/mol. The molecule has 3 aromatic carbocycles. The van der Waals surface area contributed by atoms with Gasteiger partial charge in [-0.05, 0) is 21.5 Å². The van der Waals surface area contributed by atoms with Crippen LogP contribution in [0.4, 0.5) is 0 Å². The summed E-state index contributed by atoms with van der Waals surface area (Å²) in [6, 6.07) is 17.7. The van der Waals surface area contributed by atoms with Crippen LogP contribution in [0.5, 0.6) is 0 Å². The molecule has 7 heteroatoms. The maximum Gasteiger partial charge on any atom is 0.289 e. The summed E-state index contributed by atoms with van der Waals surface area (Å²) in [5, 5.41) is 13.1. The lowest BCUT2D eigenvalue weighted by atomic mass is 9.94. The SMILES string of the molecule is C[C@]1(C#N)OO[C@@H](c2cccc3ccc4cccc(C5OCOO5)c4c23)O1. The molecule has 2 aliphatic heterocycles. The highest BCUT2D eigenvalue weighted by atomic mass is 17.3. The highest BCUT2D eigenvalue weighted by Crippen LogP contribution is 2.42. The van der Waals surface area contributed by atoms with Crippen molar-refractivity contribution in [1.29, 1.82) is 5.26 Å². The summed E-state index contributed by atoms with van der Waals surface area (Å²) in [6.07, 6.45) is -1.46. The van der Waals surface area contributed by atoms with Gasteiger partial charge in [-0.1, -0.05) is 48.5 Å². The first-order valence-corrected chi connectivity index (χ1v) is 8.46. The maximum atomic E-state index is 9.24. The van der Waals surface area contributed by atoms with E-state index >= 15 is 0 Å². The lowest BCUT2D eigenvalue weighted by Crippen LogP contribution is -2.22. The summed E-state index contributed by atoms with van der Waals surface area (Å²) >= 11 is 0. The van der Waals surface area contributed by atoms with Crippen LogP contribution in [0.1, 0.15) is 30.6 Å². The van der Waals surface area contributed by atoms with E-state index in [4.69, 9.17) is 29.0 Å². The number of hydrogen-bond acceptors (Lipinski definition) is 7. The van der Waals surface area contributed by atoms with E-state index < -0.39 is 18.4 Å². The van der Waals surface area contributed by atoms with Gasteiger partial charge in [0.05, 0.1) is 0 Å². The van der Waals surface area contributed by atoms with Gasteiger partial charge in [-0.25, -0.2) is 4.89 Å². The fourth-order valence-electron chi connectivity index (χ4n) is 3.49. The number of rotatable bonds is 2. The van der Waals surface area contributed by atoms with Crippen molar-refractivity contribution in [3.8, 4) is 6.07 Å². The van der Waals surface area contributed by atoms with Crippen molar-refractivity contribution in [3.05, 3.63) is 59.7 Å². The Kier molecular flexibility index (Phi) is 3.84. The minimum absolute atomic E-state index is 0.0713. The molecule has 0 spiro atoms. The lowest BCUT2D eigenvalue weighted by Gasteiger charge is -2.17. The second-order valence-electron chi connectivity index (χ2n) is 6.47. The molecule has 3 aromatic rings. The highest BCUT2D eigenvalue weighted by molar-refractivity contribution is 6.11. The van der Waals surface area contributed by atoms with Gasteiger partial charge in [-0.15, -0.1) is 0 Å². The van der Waals surface area contributed by atoms with Gasteiger partial charge < -0.3 is 4.74 Å². The van der Waals surface area contributed by atoms with E-state index in [0.29, 0.717) is 0 Å². The largest absolute Gasteiger partial charge is 0.316 e. The molecule has 2 fully saturated rings. The minimum Gasteiger partial charge on any atom is -0.316 e. The van der Waals surface area contributed by atoms with Gasteiger partial charge in [0.1, 0.15) is 6.07 Å². The summed E-state index contributed by atoms with van der Waals surface area (Å²) in [7, 11) is 0. The molecular weight excluding hydrogens is 350 g/mol. The average Bonchev–Trinajstić information content (AvgIpc) is 3.37. The fraction of sp³-hybridized carbons (Fsp3) is 0.250. The van der Waals surface area contributed by atoms with Crippen LogP contribution in [0, 0.1) is 11.3 Å². The predicted octanol–water partition coefficient (Wildman–Crippen LogP) is 4.14. The molecule has 136 valence electrons. The third-order valence-electron chi connectivity index (χ3n) is 4.71. The lowest BCUT2D eigenvalue weighted by molar-refractivity contribution is -0.312. The van der Waals surface area contributed by atoms with Gasteiger partial charge in [0.2, 0.25) is 12.6 Å². The maximum absolute atomic E-state index is 9.24. The molecule has 0 saturated carbocycles. The molecule has 0 amide bonds. The Morgan fingerprint density at radius 3 is 2.15 bits per heavy atom. The number of hydrogen-bond donors (Lipinski definition) is 0. The van der Waals surface area contributed by atoms with Crippen LogP contribution in [0.15, 0.2) is 48.5 Å². The molecule has 2 aliphatic rings. The van der Waals surface area contributed by atoms with E-state index in [1.807, 2.05) is 54.6 Å². The topological polar surface area (TPSA) is 79.2 Å². The van der Waals surface area contributed by atoms with Crippen LogP contribution in [0.2, 0.25) is 0 Å². The van der Waals surface area contributed by atoms with E-state index in [1.54, 1.807) is 0 Å². The molecule has 0 aliphatic carbocycles. The summed E-state index contributed by atoms with van der Waals surface area (Å²) in [4.78, 5) is 20.6. The van der Waals surface area contributed by atoms with Crippen molar-refractivity contribution in [3.63, 3.8) is 0 Å². The van der Waals surface area contributed by atoms with E-state index in [1.165, 1.54) is 6.92 Å². The summed E-state index contributed by atoms with van der Waals surface area (Å²) in [5.74, 6) is -1.45. The quantitative estimate of drug-likeness (QED) is 0.499. The number of ether oxygens (including phenoxy) is 2. The first-order chi connectivity index (χ1) is 13.2. The first kappa shape index (κ1) is 16.6. The molecule has 2 saturated heterocycles. The number of benzene rings is 3. The zero-order valence-corrected chi connectivity index (χ0v) is 14.4. The van der Waals surface area contributed by atoms with E-state index in [9.17, 15) is 5.26 Å². The van der Waals surface area contributed by atoms with Crippen LogP contribution in [0.3, 0.4) is 0 Å². The summed E-state index contributed by atoms with van der Waals surface area (Å²) in [5.41, 5.74) is 1.59. The van der Waals surface area contributed by atoms with Crippen molar-refractivity contribution in [2.75, 3.05) is 6.79 Å². The van der Waals surface area contributed by atoms with Crippen molar-refractivity contribution in [2.24, 2.45) is 0 Å². The zero-order valence-electron chi connectivity index (χ0n) is 14.4. The van der Waals surface area contributed by atoms with Gasteiger partial charge in [0.15, 0.2) is 6.79 Å². The Labute approximate surface area is 154 Å². The normalized spacial score (nSPS) is 28.0. The molecule has 1 unspecified atom stereocenters. The fourth-order valence-corrected chi connectivity index (χ4v) is 3.49. The van der Waals surface area contributed by atoms with Gasteiger partial charge >= 0.3 is 0 Å². The Bertz CT molecular complexity index is 1070. The second kappa shape index (κ2) is 6.25. The zero-order chi connectivity index (χ0) is 18.4. The number of fused-ring (bicyclic) bond motifs is 3. The van der Waals surface area contributed by atoms with Crippen LogP contribution in [0.25, 0.3) is 21.5 Å². The van der Waals surface area contributed by atoms with Crippen LogP contribution in [-0.4, -0.2) is 12.6 Å². The summed E-state index contributed by atoms with van der Waals surface area (Å²) < 4.78 is 11.3. The Morgan fingerprint density at radius 1 is 0.926 bits per heavy atom. The molecule has 5 rings (SSSR count). The van der Waals surface area contributed by atoms with Crippen LogP contribution >= 0.6 is 0 Å². The first-order valence-electron chi connectivity index (χ1n) is 8.46. The third kappa shape index (κ3) is 2.67. The van der Waals surface area contributed by atoms with Gasteiger partial charge in [-0.2, -0.15) is 19.9 Å². The van der Waals surface area contributed by atoms with Crippen molar-refractivity contribution in [1.82, 2.24) is 0 Å². The Morgan fingerprint density at radius 2 is 1.59 bits per heavy atom. The standard InChI is InChI=1S/C20H15NO6/c1-20(10-21)24-19(26-27-20)15-7-3-5-13-9-8-12-4-2-6-14(16(12)17(13)15)18-22-11-23-25-18/h2-9,18-19H,11H2,1H3/t18?,19-,20+/m0/s1. The monoisotopic (exact) mass is 365 g/mol. The molecule has 7 nitrogen and oxygen atoms in total. The van der Waals surface area contributed by atoms with Crippen molar-refractivity contribution in [2.45, 2.75) is 25.3 Å². The molecule has 0 N–H and O–H groups in total. The Balaban J connectivity index is 1.76. The van der Waals surface area contributed by atoms with E-state index in [2.05, 4.69) is 0 Å². The smallest absolute Gasteiger partial charge is 0.289 e. The molecule has 0 bridgehead atoms. The van der Waals surface area contributed by atoms with Crippen LogP contribution < -0.4 is 0 Å². The number of nitriles is 1. The molecular formula is C20H15NO6. The van der Waals surface area contributed by atoms with Gasteiger partial charge in [0.25, 0.3) is 5.79 Å². The molecule has 0 aromatic heterocycles. The third-order valence-corrected chi connectivity index (χ3v) is 4.71. The molecule has 0 radical (unpaired) electrons. The summed E-state index contributed by atoms with van der Waals surface area (Å²) in [6.45, 7) is 1.58. The Hall–Kier alpha value is -2.57. The minimum atomic E-state index is -1.45. The van der Waals surface area contributed by atoms with Crippen molar-refractivity contribution >= 4 is 21.5 Å². The second-order valence-corrected chi connectivity index (χ2v) is 6.47. The van der Waals surface area contributed by atoms with Crippen LogP contribution in [-0.2, 0) is 29.0 Å². The highest BCUT2D eigenvalue weighted by Gasteiger charge is 2.41. The van der Waals surface area contributed by atoms with E-state index in [0.717, 1.165) is 32.7 Å².